The highest BCUT2D eigenvalue weighted by Gasteiger charge is 2.30. The molecule has 2 N–H and O–H groups in total. The molecule has 32 heavy (non-hydrogen) atoms. The standard InChI is InChI=1S/C23H22N4O4S/c1-13-7-14(2)22(15(3)8-13)25-21(29)12-32-23-19(11-24)18(10-20(28)26-23)16-5-4-6-17(9-16)27(30)31/h4-9,18H,10,12H2,1-3H3,(H,25,29)(H,26,28)/t18-/m1/s1. The molecule has 2 aromatic rings. The Morgan fingerprint density at radius 3 is 2.59 bits per heavy atom. The number of thioether (sulfide) groups is 1. The molecule has 0 radical (unpaired) electrons. The predicted molar refractivity (Wildman–Crippen MR) is 123 cm³/mol. The van der Waals surface area contributed by atoms with Crippen LogP contribution in [0.25, 0.3) is 0 Å². The van der Waals surface area contributed by atoms with E-state index in [0.29, 0.717) is 10.6 Å². The highest BCUT2D eigenvalue weighted by atomic mass is 32.2. The second-order valence-corrected chi connectivity index (χ2v) is 8.61. The summed E-state index contributed by atoms with van der Waals surface area (Å²) in [5.74, 6) is -1.19. The van der Waals surface area contributed by atoms with Crippen LogP contribution in [-0.4, -0.2) is 22.5 Å². The first kappa shape index (κ1) is 23.0. The van der Waals surface area contributed by atoms with Crippen molar-refractivity contribution in [2.75, 3.05) is 11.1 Å². The van der Waals surface area contributed by atoms with Crippen LogP contribution in [0, 0.1) is 42.2 Å². The highest BCUT2D eigenvalue weighted by Crippen LogP contribution is 2.37. The Hall–Kier alpha value is -3.64. The zero-order valence-electron chi connectivity index (χ0n) is 17.9. The van der Waals surface area contributed by atoms with E-state index in [2.05, 4.69) is 16.7 Å². The van der Waals surface area contributed by atoms with E-state index in [4.69, 9.17) is 0 Å². The molecule has 1 aliphatic rings. The molecule has 0 fully saturated rings. The number of nitro benzene ring substituents is 1. The lowest BCUT2D eigenvalue weighted by atomic mass is 9.87. The minimum Gasteiger partial charge on any atom is -0.325 e. The molecule has 9 heteroatoms. The molecule has 0 saturated heterocycles. The number of carbonyl (C=O) groups excluding carboxylic acids is 2. The number of nitriles is 1. The van der Waals surface area contributed by atoms with E-state index in [-0.39, 0.29) is 35.2 Å². The summed E-state index contributed by atoms with van der Waals surface area (Å²) in [5.41, 5.74) is 4.45. The summed E-state index contributed by atoms with van der Waals surface area (Å²) in [4.78, 5) is 35.5. The number of anilines is 1. The second kappa shape index (κ2) is 9.66. The maximum atomic E-state index is 12.6. The molecule has 1 heterocycles. The molecule has 1 atom stereocenters. The first-order valence-corrected chi connectivity index (χ1v) is 10.9. The highest BCUT2D eigenvalue weighted by molar-refractivity contribution is 8.03. The number of nitrogens with zero attached hydrogens (tertiary/aromatic N) is 2. The summed E-state index contributed by atoms with van der Waals surface area (Å²) >= 11 is 1.06. The number of rotatable bonds is 6. The summed E-state index contributed by atoms with van der Waals surface area (Å²) in [5, 5.41) is 26.7. The molecule has 164 valence electrons. The van der Waals surface area contributed by atoms with Crippen LogP contribution in [0.3, 0.4) is 0 Å². The predicted octanol–water partition coefficient (Wildman–Crippen LogP) is 4.23. The van der Waals surface area contributed by atoms with Crippen LogP contribution in [0.1, 0.15) is 34.6 Å². The normalized spacial score (nSPS) is 15.7. The van der Waals surface area contributed by atoms with Gasteiger partial charge in [-0.15, -0.1) is 0 Å². The van der Waals surface area contributed by atoms with Crippen molar-refractivity contribution in [3.05, 3.63) is 79.4 Å². The number of amides is 2. The molecule has 0 aliphatic carbocycles. The van der Waals surface area contributed by atoms with E-state index in [9.17, 15) is 25.0 Å². The molecular formula is C23H22N4O4S. The third-order valence-electron chi connectivity index (χ3n) is 5.13. The van der Waals surface area contributed by atoms with Gasteiger partial charge >= 0.3 is 0 Å². The Morgan fingerprint density at radius 1 is 1.28 bits per heavy atom. The minimum atomic E-state index is -0.610. The zero-order chi connectivity index (χ0) is 23.4. The maximum absolute atomic E-state index is 12.6. The van der Waals surface area contributed by atoms with Gasteiger partial charge in [-0.2, -0.15) is 5.26 Å². The number of allylic oxidation sites excluding steroid dienone is 1. The van der Waals surface area contributed by atoms with E-state index in [0.717, 1.165) is 34.1 Å². The minimum absolute atomic E-state index is 0.00206. The number of hydrogen-bond acceptors (Lipinski definition) is 6. The third kappa shape index (κ3) is 5.15. The maximum Gasteiger partial charge on any atom is 0.269 e. The summed E-state index contributed by atoms with van der Waals surface area (Å²) in [6.07, 6.45) is 0.00206. The first-order valence-electron chi connectivity index (χ1n) is 9.88. The number of carbonyl (C=O) groups is 2. The number of aryl methyl sites for hydroxylation is 3. The molecule has 0 spiro atoms. The van der Waals surface area contributed by atoms with Crippen LogP contribution in [0.5, 0.6) is 0 Å². The van der Waals surface area contributed by atoms with Crippen LogP contribution < -0.4 is 10.6 Å². The van der Waals surface area contributed by atoms with Crippen molar-refractivity contribution in [1.82, 2.24) is 5.32 Å². The van der Waals surface area contributed by atoms with Gasteiger partial charge in [-0.25, -0.2) is 0 Å². The molecule has 8 nitrogen and oxygen atoms in total. The fraction of sp³-hybridized carbons (Fsp3) is 0.261. The number of non-ortho nitro benzene ring substituents is 1. The van der Waals surface area contributed by atoms with Crippen LogP contribution in [0.4, 0.5) is 11.4 Å². The van der Waals surface area contributed by atoms with Crippen molar-refractivity contribution in [3.8, 4) is 6.07 Å². The number of nitrogens with one attached hydrogen (secondary N) is 2. The van der Waals surface area contributed by atoms with Gasteiger partial charge in [-0.05, 0) is 37.5 Å². The second-order valence-electron chi connectivity index (χ2n) is 7.62. The van der Waals surface area contributed by atoms with Gasteiger partial charge < -0.3 is 10.6 Å². The average molecular weight is 451 g/mol. The van der Waals surface area contributed by atoms with Crippen molar-refractivity contribution in [2.45, 2.75) is 33.1 Å². The van der Waals surface area contributed by atoms with Crippen molar-refractivity contribution in [3.63, 3.8) is 0 Å². The third-order valence-corrected chi connectivity index (χ3v) is 6.15. The monoisotopic (exact) mass is 450 g/mol. The Bertz CT molecular complexity index is 1160. The van der Waals surface area contributed by atoms with Gasteiger partial charge in [0.05, 0.1) is 27.3 Å². The molecule has 0 saturated carbocycles. The molecule has 0 bridgehead atoms. The summed E-state index contributed by atoms with van der Waals surface area (Å²) < 4.78 is 0. The number of nitro groups is 1. The molecule has 0 unspecified atom stereocenters. The first-order chi connectivity index (χ1) is 15.2. The SMILES string of the molecule is Cc1cc(C)c(NC(=O)CSC2=C(C#N)[C@@H](c3cccc([N+](=O)[O-])c3)CC(=O)N2)c(C)c1. The molecule has 0 aromatic heterocycles. The smallest absolute Gasteiger partial charge is 0.269 e. The summed E-state index contributed by atoms with van der Waals surface area (Å²) in [7, 11) is 0. The van der Waals surface area contributed by atoms with Gasteiger partial charge in [-0.3, -0.25) is 19.7 Å². The molecule has 2 amide bonds. The van der Waals surface area contributed by atoms with Crippen molar-refractivity contribution in [1.29, 1.82) is 5.26 Å². The Morgan fingerprint density at radius 2 is 1.97 bits per heavy atom. The van der Waals surface area contributed by atoms with Crippen molar-refractivity contribution in [2.24, 2.45) is 0 Å². The fourth-order valence-electron chi connectivity index (χ4n) is 3.76. The van der Waals surface area contributed by atoms with Crippen molar-refractivity contribution < 1.29 is 14.5 Å². The van der Waals surface area contributed by atoms with Crippen LogP contribution >= 0.6 is 11.8 Å². The van der Waals surface area contributed by atoms with E-state index >= 15 is 0 Å². The van der Waals surface area contributed by atoms with E-state index in [1.54, 1.807) is 6.07 Å². The Kier molecular flexibility index (Phi) is 6.95. The van der Waals surface area contributed by atoms with Gasteiger partial charge in [-0.1, -0.05) is 41.6 Å². The Balaban J connectivity index is 1.81. The van der Waals surface area contributed by atoms with Gasteiger partial charge in [0.1, 0.15) is 0 Å². The molecule has 3 rings (SSSR count). The Labute approximate surface area is 189 Å². The van der Waals surface area contributed by atoms with Gasteiger partial charge in [0.25, 0.3) is 5.69 Å². The lowest BCUT2D eigenvalue weighted by Crippen LogP contribution is -2.31. The lowest BCUT2D eigenvalue weighted by Gasteiger charge is -2.25. The molecular weight excluding hydrogens is 428 g/mol. The largest absolute Gasteiger partial charge is 0.325 e. The molecule has 1 aliphatic heterocycles. The average Bonchev–Trinajstić information content (AvgIpc) is 2.74. The van der Waals surface area contributed by atoms with Gasteiger partial charge in [0.15, 0.2) is 0 Å². The van der Waals surface area contributed by atoms with Crippen LogP contribution in [0.2, 0.25) is 0 Å². The van der Waals surface area contributed by atoms with Crippen LogP contribution in [-0.2, 0) is 9.59 Å². The fourth-order valence-corrected chi connectivity index (χ4v) is 4.64. The van der Waals surface area contributed by atoms with E-state index in [1.165, 1.54) is 18.2 Å². The van der Waals surface area contributed by atoms with Gasteiger partial charge in [0, 0.05) is 30.2 Å². The summed E-state index contributed by atoms with van der Waals surface area (Å²) in [6, 6.07) is 12.0. The quantitative estimate of drug-likeness (QED) is 0.501. The van der Waals surface area contributed by atoms with Crippen LogP contribution in [0.15, 0.2) is 47.0 Å². The lowest BCUT2D eigenvalue weighted by molar-refractivity contribution is -0.384. The van der Waals surface area contributed by atoms with Crippen molar-refractivity contribution >= 4 is 35.0 Å². The zero-order valence-corrected chi connectivity index (χ0v) is 18.7. The topological polar surface area (TPSA) is 125 Å². The van der Waals surface area contributed by atoms with E-state index < -0.39 is 10.8 Å². The number of hydrogen-bond donors (Lipinski definition) is 2. The number of benzene rings is 2. The van der Waals surface area contributed by atoms with Gasteiger partial charge in [0.2, 0.25) is 11.8 Å². The summed E-state index contributed by atoms with van der Waals surface area (Å²) in [6.45, 7) is 5.83. The van der Waals surface area contributed by atoms with E-state index in [1.807, 2.05) is 32.9 Å². The molecule has 2 aromatic carbocycles.